The lowest BCUT2D eigenvalue weighted by Gasteiger charge is -2.10. The van der Waals surface area contributed by atoms with Crippen LogP contribution in [0.1, 0.15) is 16.7 Å². The van der Waals surface area contributed by atoms with E-state index in [0.29, 0.717) is 10.6 Å². The highest BCUT2D eigenvalue weighted by Gasteiger charge is 2.17. The standard InChI is InChI=1S/C15H12FNO2S2/c1-19-12-7-9(4-5-10(12)16)14(18)15-17-11(8-21-15)13-3-2-6-20-13/h2-8,14,18H,1H3. The Morgan fingerprint density at radius 1 is 1.29 bits per heavy atom. The van der Waals surface area contributed by atoms with Crippen LogP contribution in [-0.4, -0.2) is 17.2 Å². The summed E-state index contributed by atoms with van der Waals surface area (Å²) in [6, 6.07) is 8.25. The van der Waals surface area contributed by atoms with Crippen molar-refractivity contribution in [3.05, 3.63) is 57.5 Å². The molecule has 0 bridgehead atoms. The molecule has 0 aliphatic carbocycles. The summed E-state index contributed by atoms with van der Waals surface area (Å²) in [7, 11) is 1.40. The molecule has 1 atom stereocenters. The Bertz CT molecular complexity index is 740. The van der Waals surface area contributed by atoms with Crippen LogP contribution in [0.3, 0.4) is 0 Å². The van der Waals surface area contributed by atoms with E-state index in [0.717, 1.165) is 10.6 Å². The number of thiophene rings is 1. The number of benzene rings is 1. The molecule has 0 saturated heterocycles. The Labute approximate surface area is 129 Å². The molecule has 108 valence electrons. The predicted molar refractivity (Wildman–Crippen MR) is 82.4 cm³/mol. The van der Waals surface area contributed by atoms with Crippen molar-refractivity contribution in [3.8, 4) is 16.3 Å². The van der Waals surface area contributed by atoms with Gasteiger partial charge in [0, 0.05) is 5.38 Å². The minimum atomic E-state index is -0.891. The van der Waals surface area contributed by atoms with Crippen molar-refractivity contribution in [1.82, 2.24) is 4.98 Å². The third kappa shape index (κ3) is 2.83. The van der Waals surface area contributed by atoms with Crippen LogP contribution in [0.25, 0.3) is 10.6 Å². The van der Waals surface area contributed by atoms with Crippen molar-refractivity contribution in [1.29, 1.82) is 0 Å². The van der Waals surface area contributed by atoms with Gasteiger partial charge in [0.2, 0.25) is 0 Å². The van der Waals surface area contributed by atoms with Crippen molar-refractivity contribution in [3.63, 3.8) is 0 Å². The maximum absolute atomic E-state index is 13.4. The first kappa shape index (κ1) is 14.2. The second-order valence-corrected chi connectivity index (χ2v) is 6.18. The summed E-state index contributed by atoms with van der Waals surface area (Å²) < 4.78 is 18.3. The quantitative estimate of drug-likeness (QED) is 0.786. The average Bonchev–Trinajstić information content (AvgIpc) is 3.18. The normalized spacial score (nSPS) is 12.3. The minimum Gasteiger partial charge on any atom is -0.494 e. The van der Waals surface area contributed by atoms with E-state index in [-0.39, 0.29) is 5.75 Å². The largest absolute Gasteiger partial charge is 0.494 e. The van der Waals surface area contributed by atoms with Gasteiger partial charge in [-0.25, -0.2) is 9.37 Å². The van der Waals surface area contributed by atoms with Gasteiger partial charge in [0.25, 0.3) is 0 Å². The molecule has 1 aromatic carbocycles. The molecule has 2 heterocycles. The lowest BCUT2D eigenvalue weighted by Crippen LogP contribution is -2.00. The molecular formula is C15H12FNO2S2. The lowest BCUT2D eigenvalue weighted by molar-refractivity contribution is 0.219. The van der Waals surface area contributed by atoms with Gasteiger partial charge in [-0.1, -0.05) is 12.1 Å². The summed E-state index contributed by atoms with van der Waals surface area (Å²) in [5.74, 6) is -0.339. The number of hydrogen-bond donors (Lipinski definition) is 1. The third-order valence-corrected chi connectivity index (χ3v) is 4.81. The van der Waals surface area contributed by atoms with Gasteiger partial charge in [0.15, 0.2) is 11.6 Å². The smallest absolute Gasteiger partial charge is 0.165 e. The van der Waals surface area contributed by atoms with Crippen molar-refractivity contribution >= 4 is 22.7 Å². The summed E-state index contributed by atoms with van der Waals surface area (Å²) in [4.78, 5) is 5.51. The Hall–Kier alpha value is -1.76. The second kappa shape index (κ2) is 5.93. The van der Waals surface area contributed by atoms with Crippen LogP contribution in [0.5, 0.6) is 5.75 Å². The fourth-order valence-electron chi connectivity index (χ4n) is 1.94. The topological polar surface area (TPSA) is 42.4 Å². The van der Waals surface area contributed by atoms with E-state index in [1.54, 1.807) is 11.3 Å². The lowest BCUT2D eigenvalue weighted by atomic mass is 10.1. The van der Waals surface area contributed by atoms with Gasteiger partial charge in [0.05, 0.1) is 17.7 Å². The maximum atomic E-state index is 13.4. The van der Waals surface area contributed by atoms with Crippen molar-refractivity contribution < 1.29 is 14.2 Å². The maximum Gasteiger partial charge on any atom is 0.165 e. The van der Waals surface area contributed by atoms with E-state index in [2.05, 4.69) is 4.98 Å². The molecule has 0 fully saturated rings. The molecule has 0 spiro atoms. The first-order chi connectivity index (χ1) is 10.2. The molecule has 3 rings (SSSR count). The SMILES string of the molecule is COc1cc(C(O)c2nc(-c3cccs3)cs2)ccc1F. The summed E-state index contributed by atoms with van der Waals surface area (Å²) in [6.07, 6.45) is -0.891. The summed E-state index contributed by atoms with van der Waals surface area (Å²) in [5, 5.41) is 14.9. The first-order valence-electron chi connectivity index (χ1n) is 6.20. The van der Waals surface area contributed by atoms with E-state index >= 15 is 0 Å². The number of methoxy groups -OCH3 is 1. The number of hydrogen-bond acceptors (Lipinski definition) is 5. The molecule has 0 aliphatic heterocycles. The zero-order chi connectivity index (χ0) is 14.8. The molecule has 0 saturated carbocycles. The van der Waals surface area contributed by atoms with Gasteiger partial charge < -0.3 is 9.84 Å². The van der Waals surface area contributed by atoms with Crippen LogP contribution in [-0.2, 0) is 0 Å². The highest BCUT2D eigenvalue weighted by Crippen LogP contribution is 2.32. The molecule has 0 radical (unpaired) electrons. The van der Waals surface area contributed by atoms with Crippen LogP contribution >= 0.6 is 22.7 Å². The van der Waals surface area contributed by atoms with E-state index in [1.807, 2.05) is 22.9 Å². The van der Waals surface area contributed by atoms with Crippen molar-refractivity contribution in [2.45, 2.75) is 6.10 Å². The summed E-state index contributed by atoms with van der Waals surface area (Å²) in [6.45, 7) is 0. The van der Waals surface area contributed by atoms with Crippen molar-refractivity contribution in [2.75, 3.05) is 7.11 Å². The number of halogens is 1. The molecule has 1 N–H and O–H groups in total. The number of aliphatic hydroxyl groups is 1. The fourth-order valence-corrected chi connectivity index (χ4v) is 3.53. The molecule has 3 aromatic rings. The molecule has 6 heteroatoms. The van der Waals surface area contributed by atoms with E-state index in [1.165, 1.54) is 36.6 Å². The Kier molecular flexibility index (Phi) is 4.01. The zero-order valence-corrected chi connectivity index (χ0v) is 12.7. The van der Waals surface area contributed by atoms with Gasteiger partial charge in [0.1, 0.15) is 11.1 Å². The van der Waals surface area contributed by atoms with E-state index in [9.17, 15) is 9.50 Å². The fraction of sp³-hybridized carbons (Fsp3) is 0.133. The number of aliphatic hydroxyl groups excluding tert-OH is 1. The Morgan fingerprint density at radius 3 is 2.86 bits per heavy atom. The summed E-state index contributed by atoms with van der Waals surface area (Å²) >= 11 is 2.98. The molecule has 3 nitrogen and oxygen atoms in total. The predicted octanol–water partition coefficient (Wildman–Crippen LogP) is 4.10. The second-order valence-electron chi connectivity index (χ2n) is 4.34. The highest BCUT2D eigenvalue weighted by atomic mass is 32.1. The van der Waals surface area contributed by atoms with Crippen LogP contribution in [0.4, 0.5) is 4.39 Å². The molecule has 2 aromatic heterocycles. The Balaban J connectivity index is 1.90. The zero-order valence-electron chi connectivity index (χ0n) is 11.1. The van der Waals surface area contributed by atoms with Crippen LogP contribution in [0.2, 0.25) is 0 Å². The molecule has 1 unspecified atom stereocenters. The highest BCUT2D eigenvalue weighted by molar-refractivity contribution is 7.14. The van der Waals surface area contributed by atoms with E-state index in [4.69, 9.17) is 4.74 Å². The number of rotatable bonds is 4. The van der Waals surface area contributed by atoms with Gasteiger partial charge >= 0.3 is 0 Å². The molecule has 0 amide bonds. The number of thiazole rings is 1. The third-order valence-electron chi connectivity index (χ3n) is 3.02. The summed E-state index contributed by atoms with van der Waals surface area (Å²) in [5.41, 5.74) is 1.40. The van der Waals surface area contributed by atoms with Gasteiger partial charge in [-0.05, 0) is 29.1 Å². The molecule has 0 aliphatic rings. The van der Waals surface area contributed by atoms with Crippen LogP contribution in [0.15, 0.2) is 41.1 Å². The average molecular weight is 321 g/mol. The first-order valence-corrected chi connectivity index (χ1v) is 7.96. The van der Waals surface area contributed by atoms with Gasteiger partial charge in [-0.2, -0.15) is 0 Å². The van der Waals surface area contributed by atoms with Crippen LogP contribution < -0.4 is 4.74 Å². The molecular weight excluding hydrogens is 309 g/mol. The van der Waals surface area contributed by atoms with Gasteiger partial charge in [-0.15, -0.1) is 22.7 Å². The monoisotopic (exact) mass is 321 g/mol. The van der Waals surface area contributed by atoms with Crippen LogP contribution in [0, 0.1) is 5.82 Å². The Morgan fingerprint density at radius 2 is 2.14 bits per heavy atom. The van der Waals surface area contributed by atoms with E-state index < -0.39 is 11.9 Å². The minimum absolute atomic E-state index is 0.113. The number of nitrogens with zero attached hydrogens (tertiary/aromatic N) is 1. The molecule has 21 heavy (non-hydrogen) atoms. The van der Waals surface area contributed by atoms with Gasteiger partial charge in [-0.3, -0.25) is 0 Å². The number of aromatic nitrogens is 1. The number of ether oxygens (including phenoxy) is 1. The van der Waals surface area contributed by atoms with Crippen molar-refractivity contribution in [2.24, 2.45) is 0 Å².